The van der Waals surface area contributed by atoms with Crippen molar-refractivity contribution in [1.82, 2.24) is 4.90 Å². The van der Waals surface area contributed by atoms with Crippen molar-refractivity contribution in [1.29, 1.82) is 0 Å². The van der Waals surface area contributed by atoms with Crippen molar-refractivity contribution >= 4 is 11.7 Å². The molecule has 1 amide bonds. The fraction of sp³-hybridized carbons (Fsp3) is 0.467. The zero-order valence-electron chi connectivity index (χ0n) is 11.4. The van der Waals surface area contributed by atoms with Gasteiger partial charge in [0.05, 0.1) is 13.5 Å². The van der Waals surface area contributed by atoms with Gasteiger partial charge in [-0.2, -0.15) is 0 Å². The van der Waals surface area contributed by atoms with Crippen LogP contribution in [0.4, 0.5) is 0 Å². The second kappa shape index (κ2) is 5.87. The maximum atomic E-state index is 12.1. The topological polar surface area (TPSA) is 46.6 Å². The minimum atomic E-state index is -0.0873. The lowest BCUT2D eigenvalue weighted by molar-refractivity contribution is -0.135. The molecule has 19 heavy (non-hydrogen) atoms. The molecule has 0 N–H and O–H groups in total. The number of amides is 1. The maximum Gasteiger partial charge on any atom is 0.230 e. The highest BCUT2D eigenvalue weighted by Crippen LogP contribution is 2.30. The van der Waals surface area contributed by atoms with Gasteiger partial charge in [-0.05, 0) is 25.8 Å². The molecule has 4 nitrogen and oxygen atoms in total. The molecule has 1 aliphatic rings. The summed E-state index contributed by atoms with van der Waals surface area (Å²) < 4.78 is 5.30. The number of hydrogen-bond acceptors (Lipinski definition) is 3. The van der Waals surface area contributed by atoms with Gasteiger partial charge in [0, 0.05) is 18.2 Å². The van der Waals surface area contributed by atoms with Crippen molar-refractivity contribution in [2.24, 2.45) is 0 Å². The lowest BCUT2D eigenvalue weighted by atomic mass is 10.1. The standard InChI is InChI=1S/C15H19NO3/c1-11(17)9-15(18)16(13-7-8-13)10-12-5-3-4-6-14(12)19-2/h3-6,13H,7-10H2,1-2H3. The van der Waals surface area contributed by atoms with E-state index in [1.54, 1.807) is 12.0 Å². The van der Waals surface area contributed by atoms with Crippen LogP contribution < -0.4 is 4.74 Å². The molecule has 0 saturated heterocycles. The lowest BCUT2D eigenvalue weighted by Crippen LogP contribution is -2.33. The maximum absolute atomic E-state index is 12.1. The van der Waals surface area contributed by atoms with E-state index in [-0.39, 0.29) is 24.2 Å². The predicted molar refractivity (Wildman–Crippen MR) is 71.9 cm³/mol. The molecule has 0 atom stereocenters. The average Bonchev–Trinajstić information content (AvgIpc) is 3.19. The van der Waals surface area contributed by atoms with E-state index >= 15 is 0 Å². The van der Waals surface area contributed by atoms with Crippen LogP contribution in [0.3, 0.4) is 0 Å². The Balaban J connectivity index is 2.12. The molecule has 0 bridgehead atoms. The van der Waals surface area contributed by atoms with Gasteiger partial charge in [-0.15, -0.1) is 0 Å². The number of methoxy groups -OCH3 is 1. The van der Waals surface area contributed by atoms with Gasteiger partial charge in [0.2, 0.25) is 5.91 Å². The minimum Gasteiger partial charge on any atom is -0.496 e. The highest BCUT2D eigenvalue weighted by Gasteiger charge is 2.33. The number of para-hydroxylation sites is 1. The van der Waals surface area contributed by atoms with Gasteiger partial charge in [-0.25, -0.2) is 0 Å². The van der Waals surface area contributed by atoms with Crippen molar-refractivity contribution in [2.75, 3.05) is 7.11 Å². The number of benzene rings is 1. The van der Waals surface area contributed by atoms with E-state index in [9.17, 15) is 9.59 Å². The summed E-state index contributed by atoms with van der Waals surface area (Å²) in [6.07, 6.45) is 2.04. The van der Waals surface area contributed by atoms with Gasteiger partial charge >= 0.3 is 0 Å². The van der Waals surface area contributed by atoms with Crippen LogP contribution in [0.2, 0.25) is 0 Å². The highest BCUT2D eigenvalue weighted by atomic mass is 16.5. The monoisotopic (exact) mass is 261 g/mol. The van der Waals surface area contributed by atoms with Gasteiger partial charge < -0.3 is 9.64 Å². The molecule has 1 saturated carbocycles. The van der Waals surface area contributed by atoms with Crippen LogP contribution in [0.15, 0.2) is 24.3 Å². The first-order chi connectivity index (χ1) is 9.11. The number of carbonyl (C=O) groups is 2. The molecular formula is C15H19NO3. The minimum absolute atomic E-state index is 0.00828. The van der Waals surface area contributed by atoms with Crippen LogP contribution in [0.25, 0.3) is 0 Å². The first-order valence-corrected chi connectivity index (χ1v) is 6.52. The molecule has 0 spiro atoms. The summed E-state index contributed by atoms with van der Waals surface area (Å²) in [6, 6.07) is 7.96. The molecule has 0 unspecified atom stereocenters. The smallest absolute Gasteiger partial charge is 0.230 e. The summed E-state index contributed by atoms with van der Waals surface area (Å²) in [5, 5.41) is 0. The third kappa shape index (κ3) is 3.56. The van der Waals surface area contributed by atoms with Gasteiger partial charge in [0.15, 0.2) is 0 Å². The summed E-state index contributed by atoms with van der Waals surface area (Å²) in [4.78, 5) is 25.0. The number of ether oxygens (including phenoxy) is 1. The summed E-state index contributed by atoms with van der Waals surface area (Å²) in [5.74, 6) is 0.611. The Morgan fingerprint density at radius 1 is 1.32 bits per heavy atom. The van der Waals surface area contributed by atoms with Crippen LogP contribution in [-0.4, -0.2) is 29.7 Å². The van der Waals surface area contributed by atoms with Crippen molar-refractivity contribution in [2.45, 2.75) is 38.8 Å². The van der Waals surface area contributed by atoms with Gasteiger partial charge in [-0.3, -0.25) is 9.59 Å². The second-order valence-electron chi connectivity index (χ2n) is 4.94. The third-order valence-corrected chi connectivity index (χ3v) is 3.24. The van der Waals surface area contributed by atoms with Gasteiger partial charge in [0.1, 0.15) is 11.5 Å². The summed E-state index contributed by atoms with van der Waals surface area (Å²) >= 11 is 0. The van der Waals surface area contributed by atoms with Crippen molar-refractivity contribution in [3.63, 3.8) is 0 Å². The number of hydrogen-bond donors (Lipinski definition) is 0. The molecule has 1 aliphatic carbocycles. The molecule has 1 fully saturated rings. The van der Waals surface area contributed by atoms with E-state index < -0.39 is 0 Å². The largest absolute Gasteiger partial charge is 0.496 e. The fourth-order valence-electron chi connectivity index (χ4n) is 2.14. The van der Waals surface area contributed by atoms with Crippen LogP contribution in [0, 0.1) is 0 Å². The predicted octanol–water partition coefficient (Wildman–Crippen LogP) is 2.17. The van der Waals surface area contributed by atoms with E-state index in [0.29, 0.717) is 6.54 Å². The third-order valence-electron chi connectivity index (χ3n) is 3.24. The molecule has 2 rings (SSSR count). The lowest BCUT2D eigenvalue weighted by Gasteiger charge is -2.23. The first kappa shape index (κ1) is 13.6. The summed E-state index contributed by atoms with van der Waals surface area (Å²) in [7, 11) is 1.62. The number of ketones is 1. The molecule has 0 radical (unpaired) electrons. The quantitative estimate of drug-likeness (QED) is 0.737. The Kier molecular flexibility index (Phi) is 4.20. The number of carbonyl (C=O) groups excluding carboxylic acids is 2. The van der Waals surface area contributed by atoms with Crippen LogP contribution in [0.5, 0.6) is 5.75 Å². The van der Waals surface area contributed by atoms with E-state index in [4.69, 9.17) is 4.74 Å². The molecule has 1 aromatic carbocycles. The van der Waals surface area contributed by atoms with E-state index in [0.717, 1.165) is 24.2 Å². The molecule has 4 heteroatoms. The Labute approximate surface area is 113 Å². The SMILES string of the molecule is COc1ccccc1CN(C(=O)CC(C)=O)C1CC1. The average molecular weight is 261 g/mol. The molecule has 1 aromatic rings. The fourth-order valence-corrected chi connectivity index (χ4v) is 2.14. The second-order valence-corrected chi connectivity index (χ2v) is 4.94. The number of rotatable bonds is 6. The molecule has 0 aliphatic heterocycles. The van der Waals surface area contributed by atoms with Crippen molar-refractivity contribution in [3.8, 4) is 5.75 Å². The molecular weight excluding hydrogens is 242 g/mol. The molecule has 0 heterocycles. The summed E-state index contributed by atoms with van der Waals surface area (Å²) in [5.41, 5.74) is 0.980. The van der Waals surface area contributed by atoms with Crippen molar-refractivity contribution < 1.29 is 14.3 Å². The number of Topliss-reactive ketones (excluding diaryl/α,β-unsaturated/α-hetero) is 1. The Morgan fingerprint density at radius 2 is 2.00 bits per heavy atom. The normalized spacial score (nSPS) is 14.0. The summed E-state index contributed by atoms with van der Waals surface area (Å²) in [6.45, 7) is 1.97. The van der Waals surface area contributed by atoms with E-state index in [1.165, 1.54) is 6.92 Å². The Bertz CT molecular complexity index is 480. The Hall–Kier alpha value is -1.84. The Morgan fingerprint density at radius 3 is 2.58 bits per heavy atom. The first-order valence-electron chi connectivity index (χ1n) is 6.52. The molecule has 102 valence electrons. The van der Waals surface area contributed by atoms with E-state index in [2.05, 4.69) is 0 Å². The van der Waals surface area contributed by atoms with Crippen LogP contribution in [0.1, 0.15) is 31.7 Å². The zero-order chi connectivity index (χ0) is 13.8. The van der Waals surface area contributed by atoms with E-state index in [1.807, 2.05) is 24.3 Å². The number of nitrogens with zero attached hydrogens (tertiary/aromatic N) is 1. The van der Waals surface area contributed by atoms with Crippen molar-refractivity contribution in [3.05, 3.63) is 29.8 Å². The highest BCUT2D eigenvalue weighted by molar-refractivity contribution is 5.97. The van der Waals surface area contributed by atoms with Crippen LogP contribution >= 0.6 is 0 Å². The molecule has 0 aromatic heterocycles. The van der Waals surface area contributed by atoms with Crippen LogP contribution in [-0.2, 0) is 16.1 Å². The van der Waals surface area contributed by atoms with Gasteiger partial charge in [0.25, 0.3) is 0 Å². The zero-order valence-corrected chi connectivity index (χ0v) is 11.4. The van der Waals surface area contributed by atoms with Gasteiger partial charge in [-0.1, -0.05) is 18.2 Å².